The van der Waals surface area contributed by atoms with Crippen LogP contribution in [0.25, 0.3) is 0 Å². The Balaban J connectivity index is 1.82. The van der Waals surface area contributed by atoms with E-state index >= 15 is 0 Å². The van der Waals surface area contributed by atoms with Gasteiger partial charge in [0, 0.05) is 31.6 Å². The van der Waals surface area contributed by atoms with Gasteiger partial charge in [0.15, 0.2) is 0 Å². The molecule has 2 heterocycles. The maximum Gasteiger partial charge on any atom is 0.240 e. The van der Waals surface area contributed by atoms with Crippen LogP contribution in [0.3, 0.4) is 0 Å². The van der Waals surface area contributed by atoms with Gasteiger partial charge in [0.2, 0.25) is 5.91 Å². The fourth-order valence-corrected chi connectivity index (χ4v) is 2.61. The first-order valence-electron chi connectivity index (χ1n) is 4.64. The van der Waals surface area contributed by atoms with E-state index in [9.17, 15) is 4.79 Å². The molecule has 0 bridgehead atoms. The summed E-state index contributed by atoms with van der Waals surface area (Å²) in [7, 11) is 2.11. The molecule has 74 valence electrons. The lowest BCUT2D eigenvalue weighted by Crippen LogP contribution is -2.72. The molecule has 13 heavy (non-hydrogen) atoms. The summed E-state index contributed by atoms with van der Waals surface area (Å²) >= 11 is 5.72. The van der Waals surface area contributed by atoms with Crippen LogP contribution in [-0.4, -0.2) is 54.3 Å². The summed E-state index contributed by atoms with van der Waals surface area (Å²) in [6, 6.07) is 0. The van der Waals surface area contributed by atoms with Gasteiger partial charge in [-0.25, -0.2) is 0 Å². The van der Waals surface area contributed by atoms with Gasteiger partial charge in [0.25, 0.3) is 0 Å². The van der Waals surface area contributed by atoms with Crippen molar-refractivity contribution in [3.63, 3.8) is 0 Å². The fraction of sp³-hybridized carbons (Fsp3) is 0.889. The van der Waals surface area contributed by atoms with E-state index in [4.69, 9.17) is 11.6 Å². The predicted octanol–water partition coefficient (Wildman–Crippen LogP) is 0.388. The number of hydrogen-bond donors (Lipinski definition) is 0. The van der Waals surface area contributed by atoms with Crippen LogP contribution in [0.5, 0.6) is 0 Å². The molecular weight excluding hydrogens is 188 g/mol. The molecule has 1 unspecified atom stereocenters. The molecule has 2 aliphatic rings. The normalized spacial score (nSPS) is 28.1. The van der Waals surface area contributed by atoms with Gasteiger partial charge in [-0.3, -0.25) is 4.79 Å². The van der Waals surface area contributed by atoms with Crippen LogP contribution in [-0.2, 0) is 4.79 Å². The van der Waals surface area contributed by atoms with Gasteiger partial charge in [-0.05, 0) is 14.0 Å². The number of likely N-dealkylation sites (tertiary alicyclic amines) is 2. The number of hydrogen-bond acceptors (Lipinski definition) is 2. The van der Waals surface area contributed by atoms with Crippen molar-refractivity contribution in [1.29, 1.82) is 0 Å². The molecule has 0 aromatic rings. The first kappa shape index (κ1) is 9.28. The molecule has 1 spiro atoms. The van der Waals surface area contributed by atoms with Crippen molar-refractivity contribution in [2.75, 3.05) is 33.2 Å². The summed E-state index contributed by atoms with van der Waals surface area (Å²) < 4.78 is 0. The van der Waals surface area contributed by atoms with Crippen LogP contribution >= 0.6 is 11.6 Å². The third-order valence-electron chi connectivity index (χ3n) is 2.92. The number of rotatable bonds is 1. The van der Waals surface area contributed by atoms with Crippen LogP contribution in [0.4, 0.5) is 0 Å². The number of carbonyl (C=O) groups is 1. The Morgan fingerprint density at radius 1 is 1.38 bits per heavy atom. The molecule has 1 atom stereocenters. The minimum absolute atomic E-state index is 0.0850. The SMILES string of the molecule is CC(Cl)C(=O)N1CC2(CN(C)C2)C1. The van der Waals surface area contributed by atoms with E-state index in [0.29, 0.717) is 5.41 Å². The Kier molecular flexibility index (Phi) is 2.04. The lowest BCUT2D eigenvalue weighted by Gasteiger charge is -2.59. The van der Waals surface area contributed by atoms with Gasteiger partial charge in [-0.1, -0.05) is 0 Å². The first-order valence-corrected chi connectivity index (χ1v) is 5.07. The van der Waals surface area contributed by atoms with Gasteiger partial charge in [-0.15, -0.1) is 11.6 Å². The highest BCUT2D eigenvalue weighted by atomic mass is 35.5. The number of amides is 1. The molecule has 0 radical (unpaired) electrons. The van der Waals surface area contributed by atoms with Crippen LogP contribution in [0.15, 0.2) is 0 Å². The average Bonchev–Trinajstić information content (AvgIpc) is 1.92. The van der Waals surface area contributed by atoms with Crippen molar-refractivity contribution in [3.05, 3.63) is 0 Å². The summed E-state index contributed by atoms with van der Waals surface area (Å²) in [5.74, 6) is 0.0850. The Morgan fingerprint density at radius 2 is 1.92 bits per heavy atom. The largest absolute Gasteiger partial charge is 0.340 e. The molecule has 4 heteroatoms. The third-order valence-corrected chi connectivity index (χ3v) is 3.10. The van der Waals surface area contributed by atoms with Gasteiger partial charge in [-0.2, -0.15) is 0 Å². The van der Waals surface area contributed by atoms with E-state index in [2.05, 4.69) is 11.9 Å². The Bertz CT molecular complexity index is 228. The molecule has 2 fully saturated rings. The maximum absolute atomic E-state index is 11.4. The molecule has 3 nitrogen and oxygen atoms in total. The molecule has 0 aliphatic carbocycles. The van der Waals surface area contributed by atoms with Crippen molar-refractivity contribution in [1.82, 2.24) is 9.80 Å². The zero-order valence-corrected chi connectivity index (χ0v) is 8.84. The Labute approximate surface area is 83.6 Å². The molecule has 0 N–H and O–H groups in total. The molecule has 2 aliphatic heterocycles. The van der Waals surface area contributed by atoms with Crippen LogP contribution in [0, 0.1) is 5.41 Å². The van der Waals surface area contributed by atoms with Crippen molar-refractivity contribution in [3.8, 4) is 0 Å². The zero-order chi connectivity index (χ0) is 9.64. The summed E-state index contributed by atoms with van der Waals surface area (Å²) in [5, 5.41) is -0.366. The molecule has 2 rings (SSSR count). The molecule has 1 amide bonds. The lowest BCUT2D eigenvalue weighted by atomic mass is 9.73. The topological polar surface area (TPSA) is 23.6 Å². The molecular formula is C9H15ClN2O. The molecule has 0 aromatic heterocycles. The van der Waals surface area contributed by atoms with E-state index < -0.39 is 0 Å². The third kappa shape index (κ3) is 1.44. The second kappa shape index (κ2) is 2.85. The molecule has 0 aromatic carbocycles. The molecule has 0 saturated carbocycles. The van der Waals surface area contributed by atoms with E-state index in [-0.39, 0.29) is 11.3 Å². The number of alkyl halides is 1. The number of nitrogens with zero attached hydrogens (tertiary/aromatic N) is 2. The minimum atomic E-state index is -0.366. The van der Waals surface area contributed by atoms with Crippen molar-refractivity contribution in [2.24, 2.45) is 5.41 Å². The second-order valence-corrected chi connectivity index (χ2v) is 5.14. The number of carbonyl (C=O) groups excluding carboxylic acids is 1. The minimum Gasteiger partial charge on any atom is -0.340 e. The van der Waals surface area contributed by atoms with E-state index in [0.717, 1.165) is 26.2 Å². The summed E-state index contributed by atoms with van der Waals surface area (Å²) in [4.78, 5) is 15.6. The summed E-state index contributed by atoms with van der Waals surface area (Å²) in [5.41, 5.74) is 0.427. The second-order valence-electron chi connectivity index (χ2n) is 4.48. The van der Waals surface area contributed by atoms with E-state index in [1.54, 1.807) is 6.92 Å². The average molecular weight is 203 g/mol. The van der Waals surface area contributed by atoms with Crippen molar-refractivity contribution < 1.29 is 4.79 Å². The van der Waals surface area contributed by atoms with Gasteiger partial charge in [0.1, 0.15) is 5.38 Å². The standard InChI is InChI=1S/C9H15ClN2O/c1-7(10)8(13)12-5-9(6-12)3-11(2)4-9/h7H,3-6H2,1-2H3. The smallest absolute Gasteiger partial charge is 0.240 e. The predicted molar refractivity (Wildman–Crippen MR) is 51.8 cm³/mol. The fourth-order valence-electron chi connectivity index (χ4n) is 2.47. The quantitative estimate of drug-likeness (QED) is 0.575. The zero-order valence-electron chi connectivity index (χ0n) is 8.09. The Morgan fingerprint density at radius 3 is 2.31 bits per heavy atom. The van der Waals surface area contributed by atoms with Gasteiger partial charge >= 0.3 is 0 Å². The first-order chi connectivity index (χ1) is 6.02. The van der Waals surface area contributed by atoms with Crippen molar-refractivity contribution >= 4 is 17.5 Å². The van der Waals surface area contributed by atoms with E-state index in [1.165, 1.54) is 0 Å². The van der Waals surface area contributed by atoms with Crippen molar-refractivity contribution in [2.45, 2.75) is 12.3 Å². The Hall–Kier alpha value is -0.280. The lowest BCUT2D eigenvalue weighted by molar-refractivity contribution is -0.155. The highest BCUT2D eigenvalue weighted by Crippen LogP contribution is 2.38. The summed E-state index contributed by atoms with van der Waals surface area (Å²) in [6.07, 6.45) is 0. The van der Waals surface area contributed by atoms with Gasteiger partial charge < -0.3 is 9.80 Å². The maximum atomic E-state index is 11.4. The van der Waals surface area contributed by atoms with Crippen LogP contribution in [0.1, 0.15) is 6.92 Å². The monoisotopic (exact) mass is 202 g/mol. The highest BCUT2D eigenvalue weighted by molar-refractivity contribution is 6.30. The highest BCUT2D eigenvalue weighted by Gasteiger charge is 2.52. The number of halogens is 1. The van der Waals surface area contributed by atoms with Crippen LogP contribution in [0.2, 0.25) is 0 Å². The summed E-state index contributed by atoms with van der Waals surface area (Å²) in [6.45, 7) is 5.82. The van der Waals surface area contributed by atoms with Gasteiger partial charge in [0.05, 0.1) is 0 Å². The molecule has 2 saturated heterocycles. The van der Waals surface area contributed by atoms with Crippen LogP contribution < -0.4 is 0 Å². The van der Waals surface area contributed by atoms with E-state index in [1.807, 2.05) is 4.90 Å².